The van der Waals surface area contributed by atoms with Crippen LogP contribution in [0.1, 0.15) is 31.4 Å². The fourth-order valence-corrected chi connectivity index (χ4v) is 2.69. The van der Waals surface area contributed by atoms with Crippen LogP contribution < -0.4 is 4.74 Å². The highest BCUT2D eigenvalue weighted by atomic mass is 16.5. The average molecular weight is 218 g/mol. The number of aryl methyl sites for hydroxylation is 1. The molecule has 1 aromatic carbocycles. The first-order valence-electron chi connectivity index (χ1n) is 5.78. The number of hydrogen-bond donors (Lipinski definition) is 0. The van der Waals surface area contributed by atoms with Gasteiger partial charge in [0.15, 0.2) is 0 Å². The van der Waals surface area contributed by atoms with Gasteiger partial charge in [0, 0.05) is 0 Å². The minimum absolute atomic E-state index is 0.276. The van der Waals surface area contributed by atoms with Crippen LogP contribution in [0.2, 0.25) is 0 Å². The lowest BCUT2D eigenvalue weighted by molar-refractivity contribution is -0.114. The second-order valence-electron chi connectivity index (χ2n) is 4.84. The van der Waals surface area contributed by atoms with Gasteiger partial charge in [0.25, 0.3) is 0 Å². The number of aldehydes is 1. The Labute approximate surface area is 96.6 Å². The molecule has 0 saturated heterocycles. The van der Waals surface area contributed by atoms with Gasteiger partial charge in [-0.3, -0.25) is 0 Å². The van der Waals surface area contributed by atoms with Gasteiger partial charge < -0.3 is 9.53 Å². The van der Waals surface area contributed by atoms with Gasteiger partial charge in [0.05, 0.1) is 12.5 Å². The summed E-state index contributed by atoms with van der Waals surface area (Å²) in [5, 5.41) is 0. The molecule has 1 aliphatic carbocycles. The van der Waals surface area contributed by atoms with E-state index in [4.69, 9.17) is 4.74 Å². The van der Waals surface area contributed by atoms with Crippen molar-refractivity contribution in [1.29, 1.82) is 0 Å². The number of benzene rings is 1. The highest BCUT2D eigenvalue weighted by Gasteiger charge is 2.41. The summed E-state index contributed by atoms with van der Waals surface area (Å²) in [6.07, 6.45) is 3.04. The molecule has 0 N–H and O–H groups in total. The van der Waals surface area contributed by atoms with Crippen molar-refractivity contribution in [2.45, 2.75) is 32.1 Å². The molecule has 0 heterocycles. The van der Waals surface area contributed by atoms with Gasteiger partial charge in [-0.25, -0.2) is 0 Å². The summed E-state index contributed by atoms with van der Waals surface area (Å²) >= 11 is 0. The Bertz CT molecular complexity index is 409. The van der Waals surface area contributed by atoms with E-state index >= 15 is 0 Å². The standard InChI is InChI=1S/C14H18O2/c1-10(2)14(9-15)7-6-11-8-12(16-3)4-5-13(11)14/h4-5,8-10H,6-7H2,1-3H3. The maximum absolute atomic E-state index is 11.5. The zero-order valence-electron chi connectivity index (χ0n) is 10.1. The molecule has 0 bridgehead atoms. The number of carbonyl (C=O) groups is 1. The summed E-state index contributed by atoms with van der Waals surface area (Å²) in [5.41, 5.74) is 2.18. The minimum Gasteiger partial charge on any atom is -0.497 e. The number of methoxy groups -OCH3 is 1. The molecule has 1 atom stereocenters. The third kappa shape index (κ3) is 1.44. The minimum atomic E-state index is -0.276. The van der Waals surface area contributed by atoms with Crippen molar-refractivity contribution < 1.29 is 9.53 Å². The van der Waals surface area contributed by atoms with E-state index in [1.54, 1.807) is 7.11 Å². The summed E-state index contributed by atoms with van der Waals surface area (Å²) in [7, 11) is 1.67. The van der Waals surface area contributed by atoms with Crippen LogP contribution in [0.4, 0.5) is 0 Å². The van der Waals surface area contributed by atoms with Crippen molar-refractivity contribution in [3.8, 4) is 5.75 Å². The molecule has 0 saturated carbocycles. The van der Waals surface area contributed by atoms with Gasteiger partial charge in [-0.15, -0.1) is 0 Å². The SMILES string of the molecule is COc1ccc2c(c1)CCC2(C=O)C(C)C. The quantitative estimate of drug-likeness (QED) is 0.729. The van der Waals surface area contributed by atoms with E-state index in [0.717, 1.165) is 24.9 Å². The third-order valence-corrected chi connectivity index (χ3v) is 3.86. The van der Waals surface area contributed by atoms with Crippen molar-refractivity contribution in [2.24, 2.45) is 5.92 Å². The van der Waals surface area contributed by atoms with Gasteiger partial charge >= 0.3 is 0 Å². The van der Waals surface area contributed by atoms with Gasteiger partial charge in [-0.1, -0.05) is 19.9 Å². The van der Waals surface area contributed by atoms with Gasteiger partial charge in [-0.05, 0) is 42.0 Å². The Morgan fingerprint density at radius 2 is 2.19 bits per heavy atom. The normalized spacial score (nSPS) is 23.2. The van der Waals surface area contributed by atoms with Crippen LogP contribution in [-0.2, 0) is 16.6 Å². The predicted molar refractivity (Wildman–Crippen MR) is 63.9 cm³/mol. The average Bonchev–Trinajstić information content (AvgIpc) is 2.67. The fourth-order valence-electron chi connectivity index (χ4n) is 2.69. The maximum atomic E-state index is 11.5. The zero-order chi connectivity index (χ0) is 11.8. The molecule has 86 valence electrons. The van der Waals surface area contributed by atoms with E-state index in [9.17, 15) is 4.79 Å². The van der Waals surface area contributed by atoms with Crippen LogP contribution in [0.15, 0.2) is 18.2 Å². The Kier molecular flexibility index (Phi) is 2.75. The lowest BCUT2D eigenvalue weighted by atomic mass is 9.74. The van der Waals surface area contributed by atoms with Gasteiger partial charge in [0.2, 0.25) is 0 Å². The molecule has 16 heavy (non-hydrogen) atoms. The van der Waals surface area contributed by atoms with Crippen LogP contribution in [-0.4, -0.2) is 13.4 Å². The molecule has 0 fully saturated rings. The zero-order valence-corrected chi connectivity index (χ0v) is 10.1. The molecule has 2 nitrogen and oxygen atoms in total. The van der Waals surface area contributed by atoms with E-state index in [2.05, 4.69) is 26.0 Å². The van der Waals surface area contributed by atoms with E-state index in [1.807, 2.05) is 6.07 Å². The topological polar surface area (TPSA) is 26.3 Å². The monoisotopic (exact) mass is 218 g/mol. The number of rotatable bonds is 3. The molecule has 1 aromatic rings. The summed E-state index contributed by atoms with van der Waals surface area (Å²) < 4.78 is 5.21. The van der Waals surface area contributed by atoms with Crippen LogP contribution in [0.25, 0.3) is 0 Å². The van der Waals surface area contributed by atoms with E-state index < -0.39 is 0 Å². The Morgan fingerprint density at radius 3 is 2.75 bits per heavy atom. The third-order valence-electron chi connectivity index (χ3n) is 3.86. The number of ether oxygens (including phenoxy) is 1. The van der Waals surface area contributed by atoms with Gasteiger partial charge in [0.1, 0.15) is 12.0 Å². The van der Waals surface area contributed by atoms with Crippen molar-refractivity contribution in [3.63, 3.8) is 0 Å². The molecular weight excluding hydrogens is 200 g/mol. The maximum Gasteiger partial charge on any atom is 0.130 e. The van der Waals surface area contributed by atoms with Crippen LogP contribution in [0, 0.1) is 5.92 Å². The lowest BCUT2D eigenvalue weighted by Gasteiger charge is -2.28. The highest BCUT2D eigenvalue weighted by Crippen LogP contribution is 2.43. The molecule has 0 aliphatic heterocycles. The summed E-state index contributed by atoms with van der Waals surface area (Å²) in [6, 6.07) is 6.06. The first kappa shape index (κ1) is 11.2. The largest absolute Gasteiger partial charge is 0.497 e. The first-order valence-corrected chi connectivity index (χ1v) is 5.78. The second-order valence-corrected chi connectivity index (χ2v) is 4.84. The summed E-state index contributed by atoms with van der Waals surface area (Å²) in [4.78, 5) is 11.5. The molecule has 0 radical (unpaired) electrons. The molecule has 2 heteroatoms. The van der Waals surface area contributed by atoms with E-state index in [1.165, 1.54) is 11.1 Å². The molecule has 1 aliphatic rings. The van der Waals surface area contributed by atoms with Gasteiger partial charge in [-0.2, -0.15) is 0 Å². The molecule has 2 rings (SSSR count). The number of carbonyl (C=O) groups excluding carboxylic acids is 1. The van der Waals surface area contributed by atoms with Crippen LogP contribution >= 0.6 is 0 Å². The van der Waals surface area contributed by atoms with E-state index in [-0.39, 0.29) is 5.41 Å². The van der Waals surface area contributed by atoms with Crippen molar-refractivity contribution in [1.82, 2.24) is 0 Å². The number of hydrogen-bond acceptors (Lipinski definition) is 2. The Balaban J connectivity index is 2.50. The second kappa shape index (κ2) is 3.93. The predicted octanol–water partition coefficient (Wildman–Crippen LogP) is 2.73. The van der Waals surface area contributed by atoms with Crippen LogP contribution in [0.3, 0.4) is 0 Å². The molecule has 1 unspecified atom stereocenters. The summed E-state index contributed by atoms with van der Waals surface area (Å²) in [5.74, 6) is 1.23. The molecule has 0 spiro atoms. The summed E-state index contributed by atoms with van der Waals surface area (Å²) in [6.45, 7) is 4.24. The highest BCUT2D eigenvalue weighted by molar-refractivity contribution is 5.72. The lowest BCUT2D eigenvalue weighted by Crippen LogP contribution is -2.31. The smallest absolute Gasteiger partial charge is 0.130 e. The van der Waals surface area contributed by atoms with Crippen molar-refractivity contribution in [2.75, 3.05) is 7.11 Å². The first-order chi connectivity index (χ1) is 7.64. The van der Waals surface area contributed by atoms with Crippen molar-refractivity contribution in [3.05, 3.63) is 29.3 Å². The Morgan fingerprint density at radius 1 is 1.44 bits per heavy atom. The van der Waals surface area contributed by atoms with Crippen LogP contribution in [0.5, 0.6) is 5.75 Å². The van der Waals surface area contributed by atoms with E-state index in [0.29, 0.717) is 5.92 Å². The Hall–Kier alpha value is -1.31. The molecular formula is C14H18O2. The van der Waals surface area contributed by atoms with Crippen molar-refractivity contribution >= 4 is 6.29 Å². The number of fused-ring (bicyclic) bond motifs is 1. The molecule has 0 aromatic heterocycles. The fraction of sp³-hybridized carbons (Fsp3) is 0.500. The molecule has 0 amide bonds.